The fourth-order valence-electron chi connectivity index (χ4n) is 3.09. The highest BCUT2D eigenvalue weighted by Gasteiger charge is 2.16. The summed E-state index contributed by atoms with van der Waals surface area (Å²) in [6.07, 6.45) is 2.96. The molecule has 0 fully saturated rings. The number of aromatic nitrogens is 3. The molecule has 4 rings (SSSR count). The second-order valence-corrected chi connectivity index (χ2v) is 7.26. The number of carbonyl (C=O) groups excluding carboxylic acids is 3. The number of nitrogens with zero attached hydrogens (tertiary/aromatic N) is 3. The van der Waals surface area contributed by atoms with E-state index in [1.165, 1.54) is 6.20 Å². The highest BCUT2D eigenvalue weighted by atomic mass is 16.6. The topological polar surface area (TPSA) is 134 Å². The zero-order valence-electron chi connectivity index (χ0n) is 17.5. The lowest BCUT2D eigenvalue weighted by Gasteiger charge is -2.19. The number of urea groups is 1. The van der Waals surface area contributed by atoms with E-state index in [0.29, 0.717) is 41.4 Å². The number of imide groups is 1. The lowest BCUT2D eigenvalue weighted by Crippen LogP contribution is -2.37. The summed E-state index contributed by atoms with van der Waals surface area (Å²) in [4.78, 5) is 40.5. The van der Waals surface area contributed by atoms with Gasteiger partial charge in [-0.05, 0) is 32.0 Å². The van der Waals surface area contributed by atoms with Gasteiger partial charge in [-0.2, -0.15) is 5.10 Å². The Kier molecular flexibility index (Phi) is 5.88. The number of anilines is 1. The first kappa shape index (κ1) is 21.1. The minimum atomic E-state index is -0.782. The van der Waals surface area contributed by atoms with E-state index in [1.54, 1.807) is 35.1 Å². The quantitative estimate of drug-likeness (QED) is 0.579. The highest BCUT2D eigenvalue weighted by Crippen LogP contribution is 2.32. The van der Waals surface area contributed by atoms with E-state index < -0.39 is 24.5 Å². The molecule has 166 valence electrons. The summed E-state index contributed by atoms with van der Waals surface area (Å²) in [6.45, 7) is 4.18. The van der Waals surface area contributed by atoms with Gasteiger partial charge in [0.15, 0.2) is 23.8 Å². The van der Waals surface area contributed by atoms with E-state index >= 15 is 0 Å². The van der Waals surface area contributed by atoms with Crippen molar-refractivity contribution in [3.05, 3.63) is 42.2 Å². The zero-order valence-corrected chi connectivity index (χ0v) is 17.5. The van der Waals surface area contributed by atoms with Crippen LogP contribution in [0.1, 0.15) is 30.2 Å². The minimum Gasteiger partial charge on any atom is -0.486 e. The van der Waals surface area contributed by atoms with Crippen molar-refractivity contribution >= 4 is 34.6 Å². The Hall–Kier alpha value is -4.15. The molecular weight excluding hydrogens is 418 g/mol. The van der Waals surface area contributed by atoms with Crippen molar-refractivity contribution in [2.75, 3.05) is 25.1 Å². The fourth-order valence-corrected chi connectivity index (χ4v) is 3.09. The van der Waals surface area contributed by atoms with E-state index in [2.05, 4.69) is 20.7 Å². The normalized spacial score (nSPS) is 12.5. The van der Waals surface area contributed by atoms with Crippen LogP contribution in [0.3, 0.4) is 0 Å². The summed E-state index contributed by atoms with van der Waals surface area (Å²) in [6, 6.07) is 5.79. The molecule has 0 saturated heterocycles. The standard InChI is InChI=1S/C21H21N5O6/c1-12(2)26-19-13(10-23-26)7-14(9-22-19)20(28)32-11-18(27)25-21(29)24-15-3-4-16-17(8-15)31-6-5-30-16/h3-4,7-10,12H,5-6,11H2,1-2H3,(H2,24,25,27,29). The largest absolute Gasteiger partial charge is 0.486 e. The third kappa shape index (κ3) is 4.61. The molecule has 11 nitrogen and oxygen atoms in total. The average Bonchev–Trinajstić information content (AvgIpc) is 3.21. The summed E-state index contributed by atoms with van der Waals surface area (Å²) in [5, 5.41) is 9.52. The first-order valence-corrected chi connectivity index (χ1v) is 9.91. The van der Waals surface area contributed by atoms with Crippen molar-refractivity contribution in [1.82, 2.24) is 20.1 Å². The van der Waals surface area contributed by atoms with Gasteiger partial charge in [0.2, 0.25) is 0 Å². The molecule has 0 atom stereocenters. The van der Waals surface area contributed by atoms with Crippen LogP contribution in [0.5, 0.6) is 11.5 Å². The number of pyridine rings is 1. The predicted molar refractivity (Wildman–Crippen MR) is 113 cm³/mol. The second-order valence-electron chi connectivity index (χ2n) is 7.26. The number of esters is 1. The molecule has 11 heteroatoms. The van der Waals surface area contributed by atoms with Gasteiger partial charge in [0.05, 0.1) is 11.8 Å². The fraction of sp³-hybridized carbons (Fsp3) is 0.286. The summed E-state index contributed by atoms with van der Waals surface area (Å²) in [5.74, 6) is -0.442. The molecule has 0 radical (unpaired) electrons. The third-order valence-electron chi connectivity index (χ3n) is 4.55. The van der Waals surface area contributed by atoms with Crippen LogP contribution in [0.2, 0.25) is 0 Å². The van der Waals surface area contributed by atoms with Gasteiger partial charge in [0.1, 0.15) is 13.2 Å². The van der Waals surface area contributed by atoms with Crippen LogP contribution in [-0.2, 0) is 9.53 Å². The Morgan fingerprint density at radius 3 is 2.69 bits per heavy atom. The van der Waals surface area contributed by atoms with Crippen molar-refractivity contribution in [2.45, 2.75) is 19.9 Å². The first-order valence-electron chi connectivity index (χ1n) is 9.91. The number of amides is 3. The van der Waals surface area contributed by atoms with E-state index in [9.17, 15) is 14.4 Å². The van der Waals surface area contributed by atoms with Gasteiger partial charge in [-0.1, -0.05) is 0 Å². The lowest BCUT2D eigenvalue weighted by molar-refractivity contribution is -0.123. The lowest BCUT2D eigenvalue weighted by atomic mass is 10.2. The van der Waals surface area contributed by atoms with Crippen LogP contribution < -0.4 is 20.1 Å². The van der Waals surface area contributed by atoms with Crippen molar-refractivity contribution in [2.24, 2.45) is 0 Å². The number of fused-ring (bicyclic) bond motifs is 2. The molecular formula is C21H21N5O6. The van der Waals surface area contributed by atoms with Gasteiger partial charge in [0.25, 0.3) is 5.91 Å². The SMILES string of the molecule is CC(C)n1ncc2cc(C(=O)OCC(=O)NC(=O)Nc3ccc4c(c3)OCCO4)cnc21. The number of hydrogen-bond acceptors (Lipinski definition) is 8. The van der Waals surface area contributed by atoms with Crippen LogP contribution in [0.15, 0.2) is 36.7 Å². The maximum absolute atomic E-state index is 12.3. The molecule has 1 aromatic carbocycles. The van der Waals surface area contributed by atoms with Crippen molar-refractivity contribution in [3.8, 4) is 11.5 Å². The molecule has 2 aromatic heterocycles. The molecule has 2 N–H and O–H groups in total. The van der Waals surface area contributed by atoms with Gasteiger partial charge in [-0.3, -0.25) is 10.1 Å². The van der Waals surface area contributed by atoms with E-state index in [-0.39, 0.29) is 11.6 Å². The maximum Gasteiger partial charge on any atom is 0.340 e. The Morgan fingerprint density at radius 1 is 1.12 bits per heavy atom. The zero-order chi connectivity index (χ0) is 22.7. The highest BCUT2D eigenvalue weighted by molar-refractivity contribution is 6.02. The van der Waals surface area contributed by atoms with Gasteiger partial charge >= 0.3 is 12.0 Å². The van der Waals surface area contributed by atoms with Crippen LogP contribution in [0, 0.1) is 0 Å². The number of hydrogen-bond donors (Lipinski definition) is 2. The number of rotatable bonds is 5. The van der Waals surface area contributed by atoms with Crippen LogP contribution in [0.25, 0.3) is 11.0 Å². The van der Waals surface area contributed by atoms with Gasteiger partial charge in [0, 0.05) is 29.4 Å². The van der Waals surface area contributed by atoms with Crippen LogP contribution in [-0.4, -0.2) is 52.5 Å². The summed E-state index contributed by atoms with van der Waals surface area (Å²) >= 11 is 0. The minimum absolute atomic E-state index is 0.120. The number of benzene rings is 1. The molecule has 0 aliphatic carbocycles. The Bertz CT molecular complexity index is 1190. The number of nitrogens with one attached hydrogen (secondary N) is 2. The van der Waals surface area contributed by atoms with Gasteiger partial charge < -0.3 is 19.5 Å². The van der Waals surface area contributed by atoms with E-state index in [1.807, 2.05) is 13.8 Å². The maximum atomic E-state index is 12.3. The van der Waals surface area contributed by atoms with Crippen LogP contribution >= 0.6 is 0 Å². The van der Waals surface area contributed by atoms with Gasteiger partial charge in [-0.15, -0.1) is 0 Å². The molecule has 3 aromatic rings. The van der Waals surface area contributed by atoms with Crippen molar-refractivity contribution in [1.29, 1.82) is 0 Å². The summed E-state index contributed by atoms with van der Waals surface area (Å²) < 4.78 is 17.6. The summed E-state index contributed by atoms with van der Waals surface area (Å²) in [5.41, 5.74) is 1.23. The molecule has 1 aliphatic rings. The monoisotopic (exact) mass is 439 g/mol. The molecule has 0 unspecified atom stereocenters. The third-order valence-corrected chi connectivity index (χ3v) is 4.55. The Labute approximate surface area is 182 Å². The van der Waals surface area contributed by atoms with E-state index in [0.717, 1.165) is 0 Å². The second kappa shape index (κ2) is 8.92. The van der Waals surface area contributed by atoms with Crippen molar-refractivity contribution in [3.63, 3.8) is 0 Å². The summed E-state index contributed by atoms with van der Waals surface area (Å²) in [7, 11) is 0. The molecule has 0 bridgehead atoms. The molecule has 0 saturated carbocycles. The average molecular weight is 439 g/mol. The predicted octanol–water partition coefficient (Wildman–Crippen LogP) is 2.29. The van der Waals surface area contributed by atoms with Gasteiger partial charge in [-0.25, -0.2) is 19.3 Å². The molecule has 3 amide bonds. The molecule has 3 heterocycles. The Morgan fingerprint density at radius 2 is 1.91 bits per heavy atom. The van der Waals surface area contributed by atoms with Crippen LogP contribution in [0.4, 0.5) is 10.5 Å². The molecule has 32 heavy (non-hydrogen) atoms. The molecule has 1 aliphatic heterocycles. The van der Waals surface area contributed by atoms with E-state index in [4.69, 9.17) is 14.2 Å². The smallest absolute Gasteiger partial charge is 0.340 e. The molecule has 0 spiro atoms. The Balaban J connectivity index is 1.29. The first-order chi connectivity index (χ1) is 15.4. The van der Waals surface area contributed by atoms with Crippen molar-refractivity contribution < 1.29 is 28.6 Å². The number of carbonyl (C=O) groups is 3. The number of ether oxygens (including phenoxy) is 3.